The lowest BCUT2D eigenvalue weighted by Gasteiger charge is -2.43. The Bertz CT molecular complexity index is 1280. The normalized spacial score (nSPS) is 23.6. The first-order valence-electron chi connectivity index (χ1n) is 13.9. The molecule has 0 amide bonds. The molecule has 39 heavy (non-hydrogen) atoms. The lowest BCUT2D eigenvalue weighted by Crippen LogP contribution is -2.55. The molecule has 0 unspecified atom stereocenters. The van der Waals surface area contributed by atoms with Crippen molar-refractivity contribution in [3.63, 3.8) is 0 Å². The molecule has 0 N–H and O–H groups in total. The van der Waals surface area contributed by atoms with E-state index in [1.165, 1.54) is 4.57 Å². The van der Waals surface area contributed by atoms with E-state index in [0.717, 1.165) is 52.0 Å². The summed E-state index contributed by atoms with van der Waals surface area (Å²) < 4.78 is 41.4. The first kappa shape index (κ1) is 26.4. The van der Waals surface area contributed by atoms with Gasteiger partial charge in [0.2, 0.25) is 11.9 Å². The summed E-state index contributed by atoms with van der Waals surface area (Å²) in [5, 5.41) is 0. The van der Waals surface area contributed by atoms with E-state index in [0.29, 0.717) is 65.8 Å². The van der Waals surface area contributed by atoms with E-state index in [2.05, 4.69) is 28.9 Å². The minimum absolute atomic E-state index is 0.179. The van der Waals surface area contributed by atoms with Crippen LogP contribution in [0.25, 0.3) is 17.0 Å². The predicted molar refractivity (Wildman–Crippen MR) is 145 cm³/mol. The minimum atomic E-state index is -2.78. The molecule has 0 spiro atoms. The average Bonchev–Trinajstić information content (AvgIpc) is 3.38. The van der Waals surface area contributed by atoms with E-state index in [1.807, 2.05) is 6.07 Å². The van der Waals surface area contributed by atoms with Gasteiger partial charge in [0.05, 0.1) is 57.6 Å². The zero-order chi connectivity index (χ0) is 27.0. The highest BCUT2D eigenvalue weighted by Crippen LogP contribution is 2.34. The Labute approximate surface area is 227 Å². The average molecular weight is 544 g/mol. The molecule has 2 aliphatic heterocycles. The van der Waals surface area contributed by atoms with Crippen LogP contribution < -0.4 is 9.38 Å². The number of hydrogen-bond acceptors (Lipinski definition) is 8. The van der Waals surface area contributed by atoms with Crippen molar-refractivity contribution in [1.29, 1.82) is 0 Å². The van der Waals surface area contributed by atoms with Gasteiger partial charge in [-0.1, -0.05) is 12.1 Å². The third-order valence-electron chi connectivity index (χ3n) is 8.53. The van der Waals surface area contributed by atoms with Crippen LogP contribution in [0, 0.1) is 0 Å². The van der Waals surface area contributed by atoms with E-state index in [4.69, 9.17) is 24.4 Å². The van der Waals surface area contributed by atoms with Crippen molar-refractivity contribution in [2.75, 3.05) is 71.6 Å². The maximum Gasteiger partial charge on any atom is 0.335 e. The largest absolute Gasteiger partial charge is 0.379 e. The molecule has 0 bridgehead atoms. The van der Waals surface area contributed by atoms with E-state index in [9.17, 15) is 8.78 Å². The summed E-state index contributed by atoms with van der Waals surface area (Å²) in [6.07, 6.45) is 1.53. The van der Waals surface area contributed by atoms with Crippen LogP contribution in [0.5, 0.6) is 0 Å². The molecule has 3 fully saturated rings. The molecule has 10 nitrogen and oxygen atoms in total. The van der Waals surface area contributed by atoms with Gasteiger partial charge >= 0.3 is 5.95 Å². The van der Waals surface area contributed by atoms with E-state index < -0.39 is 6.43 Å². The Hall–Kier alpha value is -2.80. The first-order valence-corrected chi connectivity index (χ1v) is 13.9. The number of aromatic nitrogens is 5. The second kappa shape index (κ2) is 11.0. The quantitative estimate of drug-likeness (QED) is 0.439. The molecule has 210 valence electrons. The van der Waals surface area contributed by atoms with Crippen molar-refractivity contribution >= 4 is 22.9 Å². The second-order valence-corrected chi connectivity index (χ2v) is 11.1. The van der Waals surface area contributed by atoms with Crippen LogP contribution in [0.4, 0.5) is 20.7 Å². The molecule has 3 aromatic rings. The third kappa shape index (κ3) is 5.22. The highest BCUT2D eigenvalue weighted by molar-refractivity contribution is 5.77. The Kier molecular flexibility index (Phi) is 7.45. The van der Waals surface area contributed by atoms with Crippen molar-refractivity contribution in [2.45, 2.75) is 44.2 Å². The SMILES string of the molecule is C[N+](C)(c1nc(N2CCOCC2)nc(-n2c(C(F)F)nc3ccccc32)n1)C1CCC(N2CCOCC2)CC1. The molecule has 4 heterocycles. The van der Waals surface area contributed by atoms with Crippen molar-refractivity contribution in [1.82, 2.24) is 33.9 Å². The van der Waals surface area contributed by atoms with Gasteiger partial charge < -0.3 is 14.4 Å². The number of nitrogens with zero attached hydrogens (tertiary/aromatic N) is 8. The molecule has 1 aliphatic carbocycles. The van der Waals surface area contributed by atoms with Crippen LogP contribution in [-0.4, -0.2) is 108 Å². The number of benzene rings is 1. The van der Waals surface area contributed by atoms with Gasteiger partial charge in [-0.2, -0.15) is 4.98 Å². The summed E-state index contributed by atoms with van der Waals surface area (Å²) in [5.74, 6) is 0.884. The van der Waals surface area contributed by atoms with Crippen molar-refractivity contribution in [3.05, 3.63) is 30.1 Å². The molecule has 0 radical (unpaired) electrons. The van der Waals surface area contributed by atoms with Gasteiger partial charge in [0.1, 0.15) is 0 Å². The number of rotatable bonds is 6. The number of halogens is 2. The number of imidazole rings is 1. The van der Waals surface area contributed by atoms with E-state index >= 15 is 0 Å². The van der Waals surface area contributed by atoms with Gasteiger partial charge in [-0.05, 0) is 25.0 Å². The minimum Gasteiger partial charge on any atom is -0.379 e. The zero-order valence-corrected chi connectivity index (χ0v) is 22.7. The lowest BCUT2D eigenvalue weighted by atomic mass is 9.88. The monoisotopic (exact) mass is 543 g/mol. The van der Waals surface area contributed by atoms with Gasteiger partial charge in [-0.3, -0.25) is 14.0 Å². The number of fused-ring (bicyclic) bond motifs is 1. The van der Waals surface area contributed by atoms with Crippen molar-refractivity contribution in [3.8, 4) is 5.95 Å². The standard InChI is InChI=1S/C27H37F2N8O2/c1-37(2,20-9-7-19(8-10-20)34-11-15-38-16-12-34)27-32-25(35-13-17-39-18-14-35)31-26(33-27)36-22-6-4-3-5-21(22)30-24(36)23(28)29/h3-6,19-20,23H,7-18H2,1-2H3/q+1. The molecular formula is C27H37F2N8O2+. The number of hydrogen-bond donors (Lipinski definition) is 0. The summed E-state index contributed by atoms with van der Waals surface area (Å²) in [6, 6.07) is 8.00. The number of ether oxygens (including phenoxy) is 2. The number of morpholine rings is 2. The molecule has 3 aliphatic rings. The number of quaternary nitrogens is 1. The molecule has 2 aromatic heterocycles. The molecule has 0 atom stereocenters. The first-order chi connectivity index (χ1) is 18.9. The van der Waals surface area contributed by atoms with Crippen LogP contribution in [0.3, 0.4) is 0 Å². The van der Waals surface area contributed by atoms with E-state index in [-0.39, 0.29) is 11.8 Å². The smallest absolute Gasteiger partial charge is 0.335 e. The molecule has 6 rings (SSSR count). The summed E-state index contributed by atoms with van der Waals surface area (Å²) in [4.78, 5) is 23.4. The molecular weight excluding hydrogens is 506 g/mol. The Morgan fingerprint density at radius 3 is 2.15 bits per heavy atom. The van der Waals surface area contributed by atoms with Crippen molar-refractivity contribution in [2.24, 2.45) is 0 Å². The fraction of sp³-hybridized carbons (Fsp3) is 0.630. The third-order valence-corrected chi connectivity index (χ3v) is 8.53. The second-order valence-electron chi connectivity index (χ2n) is 11.1. The fourth-order valence-electron chi connectivity index (χ4n) is 6.18. The molecule has 1 aromatic carbocycles. The number of para-hydroxylation sites is 2. The van der Waals surface area contributed by atoms with Gasteiger partial charge in [-0.15, -0.1) is 9.97 Å². The fourth-order valence-corrected chi connectivity index (χ4v) is 6.18. The van der Waals surface area contributed by atoms with Crippen LogP contribution >= 0.6 is 0 Å². The Balaban J connectivity index is 1.37. The molecule has 2 saturated heterocycles. The zero-order valence-electron chi connectivity index (χ0n) is 22.7. The van der Waals surface area contributed by atoms with Gasteiger partial charge in [0, 0.05) is 45.1 Å². The maximum absolute atomic E-state index is 14.2. The summed E-state index contributed by atoms with van der Waals surface area (Å²) in [5.41, 5.74) is 1.03. The van der Waals surface area contributed by atoms with Gasteiger partial charge in [0.25, 0.3) is 6.43 Å². The molecule has 12 heteroatoms. The Morgan fingerprint density at radius 1 is 0.821 bits per heavy atom. The number of anilines is 1. The maximum atomic E-state index is 14.2. The summed E-state index contributed by atoms with van der Waals surface area (Å²) >= 11 is 0. The molecule has 1 saturated carbocycles. The van der Waals surface area contributed by atoms with Crippen LogP contribution in [0.15, 0.2) is 24.3 Å². The topological polar surface area (TPSA) is 81.4 Å². The van der Waals surface area contributed by atoms with Crippen LogP contribution in [0.1, 0.15) is 37.9 Å². The van der Waals surface area contributed by atoms with Gasteiger partial charge in [-0.25, -0.2) is 13.8 Å². The van der Waals surface area contributed by atoms with Crippen LogP contribution in [-0.2, 0) is 9.47 Å². The number of alkyl halides is 2. The lowest BCUT2D eigenvalue weighted by molar-refractivity contribution is 0.00323. The highest BCUT2D eigenvalue weighted by Gasteiger charge is 2.39. The highest BCUT2D eigenvalue weighted by atomic mass is 19.3. The van der Waals surface area contributed by atoms with E-state index in [1.54, 1.807) is 18.2 Å². The Morgan fingerprint density at radius 2 is 1.46 bits per heavy atom. The van der Waals surface area contributed by atoms with Crippen molar-refractivity contribution < 1.29 is 18.3 Å². The van der Waals surface area contributed by atoms with Crippen LogP contribution in [0.2, 0.25) is 0 Å². The van der Waals surface area contributed by atoms with Gasteiger partial charge in [0.15, 0.2) is 5.82 Å². The predicted octanol–water partition coefficient (Wildman–Crippen LogP) is 3.20. The summed E-state index contributed by atoms with van der Waals surface area (Å²) in [7, 11) is 4.25. The summed E-state index contributed by atoms with van der Waals surface area (Å²) in [6.45, 7) is 6.01.